The number of carboxylic acid groups (broad SMARTS) is 1. The van der Waals surface area contributed by atoms with Crippen LogP contribution < -0.4 is 10.2 Å². The molecule has 0 bridgehead atoms. The monoisotopic (exact) mass is 352 g/mol. The predicted octanol–water partition coefficient (Wildman–Crippen LogP) is 2.94. The van der Waals surface area contributed by atoms with Crippen molar-refractivity contribution in [3.8, 4) is 0 Å². The van der Waals surface area contributed by atoms with Crippen LogP contribution in [0.2, 0.25) is 0 Å². The maximum atomic E-state index is 12.6. The maximum absolute atomic E-state index is 12.6. The molecule has 1 heterocycles. The number of carbonyl (C=O) groups is 3. The second-order valence-electron chi connectivity index (χ2n) is 6.26. The Labute approximate surface area is 151 Å². The largest absolute Gasteiger partial charge is 0.481 e. The molecule has 134 valence electrons. The van der Waals surface area contributed by atoms with E-state index in [1.807, 2.05) is 31.2 Å². The van der Waals surface area contributed by atoms with Crippen LogP contribution in [0, 0.1) is 5.92 Å². The molecule has 0 saturated carbocycles. The van der Waals surface area contributed by atoms with E-state index in [1.165, 1.54) is 4.90 Å². The molecule has 2 amide bonds. The van der Waals surface area contributed by atoms with Crippen LogP contribution in [0.1, 0.15) is 29.3 Å². The summed E-state index contributed by atoms with van der Waals surface area (Å²) in [5, 5.41) is 12.0. The summed E-state index contributed by atoms with van der Waals surface area (Å²) in [5.41, 5.74) is 2.75. The smallest absolute Gasteiger partial charge is 0.308 e. The SMILES string of the molecule is CCc1ccccc1NC(=O)c1cccc(N2C[C@H](C(=O)O)CC2=O)c1. The number of hydrogen-bond acceptors (Lipinski definition) is 3. The lowest BCUT2D eigenvalue weighted by Crippen LogP contribution is -2.26. The number of anilines is 2. The fourth-order valence-corrected chi connectivity index (χ4v) is 3.08. The number of carboxylic acids is 1. The van der Waals surface area contributed by atoms with Crippen LogP contribution in [0.15, 0.2) is 48.5 Å². The minimum absolute atomic E-state index is 0.0182. The molecule has 3 rings (SSSR count). The van der Waals surface area contributed by atoms with Crippen molar-refractivity contribution in [2.24, 2.45) is 5.92 Å². The Balaban J connectivity index is 1.80. The number of para-hydroxylation sites is 1. The van der Waals surface area contributed by atoms with Gasteiger partial charge in [0.05, 0.1) is 5.92 Å². The van der Waals surface area contributed by atoms with Gasteiger partial charge in [0.15, 0.2) is 0 Å². The van der Waals surface area contributed by atoms with Crippen LogP contribution >= 0.6 is 0 Å². The van der Waals surface area contributed by atoms with Gasteiger partial charge in [-0.05, 0) is 36.2 Å². The number of aliphatic carboxylic acids is 1. The highest BCUT2D eigenvalue weighted by molar-refractivity contribution is 6.06. The first kappa shape index (κ1) is 17.7. The van der Waals surface area contributed by atoms with Crippen LogP contribution in [0.5, 0.6) is 0 Å². The fraction of sp³-hybridized carbons (Fsp3) is 0.250. The van der Waals surface area contributed by atoms with Crippen LogP contribution in [0.25, 0.3) is 0 Å². The number of benzene rings is 2. The molecule has 1 saturated heterocycles. The summed E-state index contributed by atoms with van der Waals surface area (Å²) < 4.78 is 0. The first-order chi connectivity index (χ1) is 12.5. The van der Waals surface area contributed by atoms with E-state index in [2.05, 4.69) is 5.32 Å². The molecule has 1 aliphatic heterocycles. The molecule has 2 aromatic rings. The summed E-state index contributed by atoms with van der Waals surface area (Å²) in [7, 11) is 0. The van der Waals surface area contributed by atoms with Gasteiger partial charge >= 0.3 is 5.97 Å². The first-order valence-corrected chi connectivity index (χ1v) is 8.52. The van der Waals surface area contributed by atoms with Crippen LogP contribution in [-0.2, 0) is 16.0 Å². The zero-order valence-electron chi connectivity index (χ0n) is 14.4. The molecule has 6 nitrogen and oxygen atoms in total. The number of nitrogens with one attached hydrogen (secondary N) is 1. The summed E-state index contributed by atoms with van der Waals surface area (Å²) in [6.45, 7) is 2.14. The third-order valence-electron chi connectivity index (χ3n) is 4.54. The van der Waals surface area contributed by atoms with Crippen molar-refractivity contribution in [2.75, 3.05) is 16.8 Å². The standard InChI is InChI=1S/C20H20N2O4/c1-2-13-6-3-4-9-17(13)21-19(24)14-7-5-8-16(10-14)22-12-15(20(25)26)11-18(22)23/h3-10,15H,2,11-12H2,1H3,(H,21,24)(H,25,26)/t15-/m1/s1. The number of rotatable bonds is 5. The Hall–Kier alpha value is -3.15. The summed E-state index contributed by atoms with van der Waals surface area (Å²) in [4.78, 5) is 37.2. The summed E-state index contributed by atoms with van der Waals surface area (Å²) in [5.74, 6) is -2.21. The van der Waals surface area contributed by atoms with Gasteiger partial charge in [-0.3, -0.25) is 14.4 Å². The van der Waals surface area contributed by atoms with Crippen molar-refractivity contribution < 1.29 is 19.5 Å². The average Bonchev–Trinajstić information content (AvgIpc) is 3.04. The van der Waals surface area contributed by atoms with E-state index in [9.17, 15) is 14.4 Å². The molecule has 6 heteroatoms. The second-order valence-corrected chi connectivity index (χ2v) is 6.26. The van der Waals surface area contributed by atoms with E-state index in [-0.39, 0.29) is 24.8 Å². The molecule has 0 spiro atoms. The van der Waals surface area contributed by atoms with E-state index >= 15 is 0 Å². The normalized spacial score (nSPS) is 16.6. The zero-order chi connectivity index (χ0) is 18.7. The predicted molar refractivity (Wildman–Crippen MR) is 98.3 cm³/mol. The second kappa shape index (κ2) is 7.39. The lowest BCUT2D eigenvalue weighted by molar-refractivity contribution is -0.141. The lowest BCUT2D eigenvalue weighted by Gasteiger charge is -2.17. The highest BCUT2D eigenvalue weighted by Crippen LogP contribution is 2.26. The van der Waals surface area contributed by atoms with Crippen molar-refractivity contribution in [1.29, 1.82) is 0 Å². The Kier molecular flexibility index (Phi) is 5.02. The molecular weight excluding hydrogens is 332 g/mol. The third kappa shape index (κ3) is 3.59. The highest BCUT2D eigenvalue weighted by atomic mass is 16.4. The maximum Gasteiger partial charge on any atom is 0.308 e. The summed E-state index contributed by atoms with van der Waals surface area (Å²) in [6, 6.07) is 14.3. The fourth-order valence-electron chi connectivity index (χ4n) is 3.08. The first-order valence-electron chi connectivity index (χ1n) is 8.52. The van der Waals surface area contributed by atoms with Crippen molar-refractivity contribution in [3.05, 3.63) is 59.7 Å². The molecule has 1 fully saturated rings. The molecule has 0 unspecified atom stereocenters. The van der Waals surface area contributed by atoms with Crippen molar-refractivity contribution in [2.45, 2.75) is 19.8 Å². The number of aryl methyl sites for hydroxylation is 1. The number of hydrogen-bond donors (Lipinski definition) is 2. The van der Waals surface area contributed by atoms with Gasteiger partial charge in [0, 0.05) is 29.9 Å². The summed E-state index contributed by atoms with van der Waals surface area (Å²) >= 11 is 0. The molecule has 0 aliphatic carbocycles. The van der Waals surface area contributed by atoms with Gasteiger partial charge in [-0.2, -0.15) is 0 Å². The van der Waals surface area contributed by atoms with E-state index < -0.39 is 11.9 Å². The molecule has 0 aromatic heterocycles. The van der Waals surface area contributed by atoms with E-state index in [0.29, 0.717) is 11.3 Å². The van der Waals surface area contributed by atoms with Crippen LogP contribution in [0.4, 0.5) is 11.4 Å². The number of amides is 2. The average molecular weight is 352 g/mol. The zero-order valence-corrected chi connectivity index (χ0v) is 14.4. The Morgan fingerprint density at radius 1 is 1.19 bits per heavy atom. The molecule has 2 N–H and O–H groups in total. The van der Waals surface area contributed by atoms with E-state index in [0.717, 1.165) is 17.7 Å². The molecule has 0 radical (unpaired) electrons. The lowest BCUT2D eigenvalue weighted by atomic mass is 10.1. The Morgan fingerprint density at radius 2 is 1.96 bits per heavy atom. The van der Waals surface area contributed by atoms with Gasteiger partial charge in [0.2, 0.25) is 5.91 Å². The highest BCUT2D eigenvalue weighted by Gasteiger charge is 2.35. The van der Waals surface area contributed by atoms with Crippen molar-refractivity contribution >= 4 is 29.2 Å². The van der Waals surface area contributed by atoms with Crippen molar-refractivity contribution in [3.63, 3.8) is 0 Å². The molecule has 2 aromatic carbocycles. The Bertz CT molecular complexity index is 862. The Morgan fingerprint density at radius 3 is 2.65 bits per heavy atom. The quantitative estimate of drug-likeness (QED) is 0.866. The topological polar surface area (TPSA) is 86.7 Å². The summed E-state index contributed by atoms with van der Waals surface area (Å²) in [6.07, 6.45) is 0.783. The van der Waals surface area contributed by atoms with Crippen LogP contribution in [-0.4, -0.2) is 29.4 Å². The molecular formula is C20H20N2O4. The molecule has 1 aliphatic rings. The van der Waals surface area contributed by atoms with E-state index in [1.54, 1.807) is 24.3 Å². The van der Waals surface area contributed by atoms with Gasteiger partial charge in [-0.1, -0.05) is 31.2 Å². The third-order valence-corrected chi connectivity index (χ3v) is 4.54. The van der Waals surface area contributed by atoms with Crippen LogP contribution in [0.3, 0.4) is 0 Å². The number of carbonyl (C=O) groups excluding carboxylic acids is 2. The van der Waals surface area contributed by atoms with Gasteiger partial charge in [0.1, 0.15) is 0 Å². The molecule has 26 heavy (non-hydrogen) atoms. The minimum Gasteiger partial charge on any atom is -0.481 e. The van der Waals surface area contributed by atoms with Crippen molar-refractivity contribution in [1.82, 2.24) is 0 Å². The van der Waals surface area contributed by atoms with E-state index in [4.69, 9.17) is 5.11 Å². The number of nitrogens with zero attached hydrogens (tertiary/aromatic N) is 1. The van der Waals surface area contributed by atoms with Gasteiger partial charge in [-0.15, -0.1) is 0 Å². The minimum atomic E-state index is -0.981. The van der Waals surface area contributed by atoms with Gasteiger partial charge in [-0.25, -0.2) is 0 Å². The van der Waals surface area contributed by atoms with Gasteiger partial charge < -0.3 is 15.3 Å². The molecule has 1 atom stereocenters. The van der Waals surface area contributed by atoms with Gasteiger partial charge in [0.25, 0.3) is 5.91 Å².